The number of benzene rings is 1. The SMILES string of the molecule is O=S(O)Cc1ccc(CCBr)cc1. The van der Waals surface area contributed by atoms with Crippen LogP contribution < -0.4 is 0 Å². The summed E-state index contributed by atoms with van der Waals surface area (Å²) in [6.07, 6.45) is 0.989. The van der Waals surface area contributed by atoms with Crippen LogP contribution in [0.1, 0.15) is 11.1 Å². The summed E-state index contributed by atoms with van der Waals surface area (Å²) >= 11 is 1.62. The van der Waals surface area contributed by atoms with Crippen molar-refractivity contribution in [3.63, 3.8) is 0 Å². The summed E-state index contributed by atoms with van der Waals surface area (Å²) in [7, 11) is 0. The highest BCUT2D eigenvalue weighted by Crippen LogP contribution is 2.07. The lowest BCUT2D eigenvalue weighted by atomic mass is 10.1. The van der Waals surface area contributed by atoms with Gasteiger partial charge in [0, 0.05) is 5.33 Å². The van der Waals surface area contributed by atoms with Crippen LogP contribution in [0.3, 0.4) is 0 Å². The highest BCUT2D eigenvalue weighted by Gasteiger charge is 1.97. The summed E-state index contributed by atoms with van der Waals surface area (Å²) in [4.78, 5) is 0. The first-order valence-corrected chi connectivity index (χ1v) is 6.33. The first-order valence-electron chi connectivity index (χ1n) is 3.93. The third-order valence-electron chi connectivity index (χ3n) is 1.70. The molecular formula is C9H11BrO2S. The van der Waals surface area contributed by atoms with Gasteiger partial charge in [-0.05, 0) is 17.5 Å². The summed E-state index contributed by atoms with van der Waals surface area (Å²) < 4.78 is 19.1. The predicted octanol–water partition coefficient (Wildman–Crippen LogP) is 2.35. The lowest BCUT2D eigenvalue weighted by molar-refractivity contribution is 0.563. The number of hydrogen-bond acceptors (Lipinski definition) is 1. The number of aryl methyl sites for hydroxylation is 1. The van der Waals surface area contributed by atoms with Gasteiger partial charge in [0.2, 0.25) is 0 Å². The zero-order chi connectivity index (χ0) is 9.68. The molecule has 1 N–H and O–H groups in total. The minimum absolute atomic E-state index is 0.217. The number of alkyl halides is 1. The summed E-state index contributed by atoms with van der Waals surface area (Å²) in [5.74, 6) is 0.217. The van der Waals surface area contributed by atoms with Gasteiger partial charge in [0.15, 0.2) is 11.1 Å². The van der Waals surface area contributed by atoms with Crippen molar-refractivity contribution in [2.75, 3.05) is 5.33 Å². The molecule has 0 aliphatic carbocycles. The van der Waals surface area contributed by atoms with Crippen LogP contribution in [0.25, 0.3) is 0 Å². The van der Waals surface area contributed by atoms with Crippen LogP contribution in [-0.2, 0) is 23.3 Å². The van der Waals surface area contributed by atoms with E-state index in [1.54, 1.807) is 0 Å². The van der Waals surface area contributed by atoms with Gasteiger partial charge in [-0.1, -0.05) is 40.2 Å². The van der Waals surface area contributed by atoms with Gasteiger partial charge in [0.1, 0.15) is 0 Å². The maximum Gasteiger partial charge on any atom is 0.157 e. The molecule has 0 radical (unpaired) electrons. The Bertz CT molecular complexity index is 284. The molecule has 0 aromatic heterocycles. The van der Waals surface area contributed by atoms with E-state index in [9.17, 15) is 4.21 Å². The summed E-state index contributed by atoms with van der Waals surface area (Å²) in [6.45, 7) is 0. The van der Waals surface area contributed by atoms with Gasteiger partial charge >= 0.3 is 0 Å². The van der Waals surface area contributed by atoms with E-state index >= 15 is 0 Å². The Morgan fingerprint density at radius 1 is 1.23 bits per heavy atom. The number of hydrogen-bond donors (Lipinski definition) is 1. The Morgan fingerprint density at radius 2 is 1.77 bits per heavy atom. The van der Waals surface area contributed by atoms with Crippen LogP contribution in [0.2, 0.25) is 0 Å². The molecule has 1 aromatic carbocycles. The van der Waals surface area contributed by atoms with Gasteiger partial charge in [-0.3, -0.25) is 0 Å². The molecule has 0 saturated carbocycles. The molecule has 0 aliphatic rings. The van der Waals surface area contributed by atoms with Crippen LogP contribution in [0.15, 0.2) is 24.3 Å². The largest absolute Gasteiger partial charge is 0.306 e. The molecule has 1 rings (SSSR count). The van der Waals surface area contributed by atoms with Crippen molar-refractivity contribution in [3.05, 3.63) is 35.4 Å². The molecule has 1 unspecified atom stereocenters. The lowest BCUT2D eigenvalue weighted by Crippen LogP contribution is -1.93. The van der Waals surface area contributed by atoms with E-state index in [0.29, 0.717) is 0 Å². The van der Waals surface area contributed by atoms with Crippen LogP contribution >= 0.6 is 15.9 Å². The fourth-order valence-electron chi connectivity index (χ4n) is 1.05. The van der Waals surface area contributed by atoms with Gasteiger partial charge in [-0.2, -0.15) is 0 Å². The van der Waals surface area contributed by atoms with Crippen LogP contribution in [0, 0.1) is 0 Å². The second-order valence-corrected chi connectivity index (χ2v) is 4.45. The van der Waals surface area contributed by atoms with E-state index in [1.807, 2.05) is 24.3 Å². The predicted molar refractivity (Wildman–Crippen MR) is 58.4 cm³/mol. The lowest BCUT2D eigenvalue weighted by Gasteiger charge is -2.00. The van der Waals surface area contributed by atoms with Crippen molar-refractivity contribution < 1.29 is 8.76 Å². The van der Waals surface area contributed by atoms with Crippen molar-refractivity contribution in [3.8, 4) is 0 Å². The number of halogens is 1. The highest BCUT2D eigenvalue weighted by atomic mass is 79.9. The average molecular weight is 263 g/mol. The second-order valence-electron chi connectivity index (χ2n) is 2.72. The smallest absolute Gasteiger partial charge is 0.157 e. The van der Waals surface area contributed by atoms with Crippen molar-refractivity contribution in [2.24, 2.45) is 0 Å². The van der Waals surface area contributed by atoms with E-state index in [1.165, 1.54) is 5.56 Å². The van der Waals surface area contributed by atoms with E-state index in [0.717, 1.165) is 17.3 Å². The van der Waals surface area contributed by atoms with Crippen LogP contribution in [0.4, 0.5) is 0 Å². The van der Waals surface area contributed by atoms with Crippen LogP contribution in [-0.4, -0.2) is 14.1 Å². The van der Waals surface area contributed by atoms with E-state index < -0.39 is 11.1 Å². The molecule has 72 valence electrons. The molecule has 0 bridgehead atoms. The van der Waals surface area contributed by atoms with Crippen molar-refractivity contribution >= 4 is 27.0 Å². The maximum absolute atomic E-state index is 10.5. The molecule has 2 nitrogen and oxygen atoms in total. The molecule has 0 heterocycles. The number of rotatable bonds is 4. The molecule has 0 aliphatic heterocycles. The Labute approximate surface area is 88.8 Å². The quantitative estimate of drug-likeness (QED) is 0.668. The first kappa shape index (κ1) is 10.9. The van der Waals surface area contributed by atoms with Crippen molar-refractivity contribution in [2.45, 2.75) is 12.2 Å². The monoisotopic (exact) mass is 262 g/mol. The molecule has 0 fully saturated rings. The minimum Gasteiger partial charge on any atom is -0.306 e. The highest BCUT2D eigenvalue weighted by molar-refractivity contribution is 9.09. The molecule has 0 spiro atoms. The maximum atomic E-state index is 10.5. The minimum atomic E-state index is -1.74. The molecule has 1 atom stereocenters. The molecule has 0 saturated heterocycles. The Morgan fingerprint density at radius 3 is 2.23 bits per heavy atom. The normalized spacial score (nSPS) is 12.8. The Balaban J connectivity index is 2.64. The van der Waals surface area contributed by atoms with Gasteiger partial charge in [-0.25, -0.2) is 4.21 Å². The van der Waals surface area contributed by atoms with Crippen molar-refractivity contribution in [1.82, 2.24) is 0 Å². The van der Waals surface area contributed by atoms with Gasteiger partial charge in [0.25, 0.3) is 0 Å². The topological polar surface area (TPSA) is 37.3 Å². The van der Waals surface area contributed by atoms with Gasteiger partial charge in [-0.15, -0.1) is 0 Å². The molecule has 13 heavy (non-hydrogen) atoms. The molecule has 0 amide bonds. The van der Waals surface area contributed by atoms with E-state index in [4.69, 9.17) is 4.55 Å². The summed E-state index contributed by atoms with van der Waals surface area (Å²) in [5, 5.41) is 0.943. The first-order chi connectivity index (χ1) is 6.22. The molecule has 1 aromatic rings. The summed E-state index contributed by atoms with van der Waals surface area (Å²) in [6, 6.07) is 7.77. The third kappa shape index (κ3) is 4.02. The second kappa shape index (κ2) is 5.52. The Hall–Kier alpha value is -0.190. The van der Waals surface area contributed by atoms with Crippen molar-refractivity contribution in [1.29, 1.82) is 0 Å². The van der Waals surface area contributed by atoms with Gasteiger partial charge < -0.3 is 4.55 Å². The molecular weight excluding hydrogens is 252 g/mol. The fourth-order valence-corrected chi connectivity index (χ4v) is 1.99. The Kier molecular flexibility index (Phi) is 4.62. The summed E-state index contributed by atoms with van der Waals surface area (Å²) in [5.41, 5.74) is 2.14. The van der Waals surface area contributed by atoms with Gasteiger partial charge in [0.05, 0.1) is 5.75 Å². The van der Waals surface area contributed by atoms with Crippen LogP contribution in [0.5, 0.6) is 0 Å². The van der Waals surface area contributed by atoms with E-state index in [2.05, 4.69) is 15.9 Å². The fraction of sp³-hybridized carbons (Fsp3) is 0.333. The zero-order valence-electron chi connectivity index (χ0n) is 7.07. The average Bonchev–Trinajstić information content (AvgIpc) is 2.08. The zero-order valence-corrected chi connectivity index (χ0v) is 9.47. The molecule has 4 heteroatoms. The van der Waals surface area contributed by atoms with E-state index in [-0.39, 0.29) is 5.75 Å². The standard InChI is InChI=1S/C9H11BrO2S/c10-6-5-8-1-3-9(4-2-8)7-13(11)12/h1-4H,5-7H2,(H,11,12). The third-order valence-corrected chi connectivity index (χ3v) is 2.67.